The first-order chi connectivity index (χ1) is 11.3. The number of amides is 1. The summed E-state index contributed by atoms with van der Waals surface area (Å²) in [6, 6.07) is 4.86. The van der Waals surface area contributed by atoms with Crippen LogP contribution in [-0.4, -0.2) is 66.8 Å². The van der Waals surface area contributed by atoms with E-state index in [9.17, 15) is 23.1 Å². The number of sulfonamides is 1. The maximum atomic E-state index is 12.8. The van der Waals surface area contributed by atoms with Gasteiger partial charge in [-0.2, -0.15) is 4.31 Å². The van der Waals surface area contributed by atoms with Gasteiger partial charge in [-0.25, -0.2) is 8.42 Å². The molecule has 0 aliphatic carbocycles. The molecule has 10 heteroatoms. The lowest BCUT2D eigenvalue weighted by Crippen LogP contribution is -2.59. The maximum Gasteiger partial charge on any atom is 0.323 e. The highest BCUT2D eigenvalue weighted by atomic mass is 127. The van der Waals surface area contributed by atoms with E-state index in [-0.39, 0.29) is 43.4 Å². The van der Waals surface area contributed by atoms with Gasteiger partial charge in [0.25, 0.3) is 0 Å². The second-order valence-corrected chi connectivity index (χ2v) is 8.44. The summed E-state index contributed by atoms with van der Waals surface area (Å²) in [5.41, 5.74) is 5.34. The number of carboxylic acid groups (broad SMARTS) is 1. The van der Waals surface area contributed by atoms with Gasteiger partial charge in [0.2, 0.25) is 15.9 Å². The molecule has 0 radical (unpaired) electrons. The van der Waals surface area contributed by atoms with Crippen LogP contribution in [0.1, 0.15) is 6.42 Å². The van der Waals surface area contributed by atoms with Gasteiger partial charge in [0.15, 0.2) is 0 Å². The first-order valence-electron chi connectivity index (χ1n) is 7.25. The van der Waals surface area contributed by atoms with Crippen LogP contribution >= 0.6 is 22.6 Å². The molecule has 0 saturated carbocycles. The topological polar surface area (TPSA) is 121 Å². The summed E-state index contributed by atoms with van der Waals surface area (Å²) >= 11 is 2.05. The summed E-state index contributed by atoms with van der Waals surface area (Å²) in [5, 5.41) is 9.42. The summed E-state index contributed by atoms with van der Waals surface area (Å²) < 4.78 is 27.3. The Labute approximate surface area is 153 Å². The molecule has 1 aromatic carbocycles. The van der Waals surface area contributed by atoms with Crippen LogP contribution in [0.2, 0.25) is 0 Å². The molecule has 1 fully saturated rings. The highest BCUT2D eigenvalue weighted by molar-refractivity contribution is 14.1. The fraction of sp³-hybridized carbons (Fsp3) is 0.429. The van der Waals surface area contributed by atoms with E-state index in [1.165, 1.54) is 17.0 Å². The zero-order chi connectivity index (χ0) is 17.9. The molecule has 1 unspecified atom stereocenters. The summed E-state index contributed by atoms with van der Waals surface area (Å²) in [5.74, 6) is -1.55. The highest BCUT2D eigenvalue weighted by Crippen LogP contribution is 2.23. The van der Waals surface area contributed by atoms with E-state index in [0.717, 1.165) is 7.88 Å². The SMILES string of the molecule is NCCC(=O)N1CCN(S(=O)(=O)c2ccc(I)cc2)C(C(=O)O)C1. The molecule has 3 N–H and O–H groups in total. The van der Waals surface area contributed by atoms with Gasteiger partial charge in [-0.1, -0.05) is 0 Å². The summed E-state index contributed by atoms with van der Waals surface area (Å²) in [4.78, 5) is 24.9. The number of carboxylic acids is 1. The van der Waals surface area contributed by atoms with Crippen LogP contribution in [0.3, 0.4) is 0 Å². The van der Waals surface area contributed by atoms with Gasteiger partial charge in [-0.3, -0.25) is 9.59 Å². The van der Waals surface area contributed by atoms with Crippen molar-refractivity contribution in [1.29, 1.82) is 0 Å². The van der Waals surface area contributed by atoms with Gasteiger partial charge >= 0.3 is 5.97 Å². The van der Waals surface area contributed by atoms with Crippen molar-refractivity contribution in [2.24, 2.45) is 5.73 Å². The van der Waals surface area contributed by atoms with Gasteiger partial charge in [0.05, 0.1) is 4.90 Å². The molecule has 1 atom stereocenters. The Hall–Kier alpha value is -1.24. The number of hydrogen-bond donors (Lipinski definition) is 2. The van der Waals surface area contributed by atoms with Gasteiger partial charge in [-0.05, 0) is 46.9 Å². The number of carbonyl (C=O) groups is 2. The Balaban J connectivity index is 2.27. The Morgan fingerprint density at radius 1 is 1.25 bits per heavy atom. The molecule has 1 saturated heterocycles. The summed E-state index contributed by atoms with van der Waals surface area (Å²) in [6.07, 6.45) is 0.107. The third kappa shape index (κ3) is 4.05. The minimum Gasteiger partial charge on any atom is -0.480 e. The first kappa shape index (κ1) is 19.1. The van der Waals surface area contributed by atoms with Gasteiger partial charge in [-0.15, -0.1) is 0 Å². The van der Waals surface area contributed by atoms with Gasteiger partial charge in [0.1, 0.15) is 6.04 Å². The van der Waals surface area contributed by atoms with Gasteiger partial charge < -0.3 is 15.7 Å². The third-order valence-electron chi connectivity index (χ3n) is 3.75. The molecule has 2 rings (SSSR count). The lowest BCUT2D eigenvalue weighted by molar-refractivity contribution is -0.145. The highest BCUT2D eigenvalue weighted by Gasteiger charge is 2.41. The lowest BCUT2D eigenvalue weighted by atomic mass is 10.2. The molecule has 8 nitrogen and oxygen atoms in total. The minimum atomic E-state index is -3.95. The maximum absolute atomic E-state index is 12.8. The smallest absolute Gasteiger partial charge is 0.323 e. The van der Waals surface area contributed by atoms with E-state index in [0.29, 0.717) is 0 Å². The molecule has 0 aromatic heterocycles. The van der Waals surface area contributed by atoms with Crippen molar-refractivity contribution in [3.05, 3.63) is 27.8 Å². The number of benzene rings is 1. The number of aliphatic carboxylic acids is 1. The predicted molar refractivity (Wildman–Crippen MR) is 94.7 cm³/mol. The molecule has 24 heavy (non-hydrogen) atoms. The average Bonchev–Trinajstić information content (AvgIpc) is 2.54. The van der Waals surface area contributed by atoms with E-state index in [4.69, 9.17) is 5.73 Å². The van der Waals surface area contributed by atoms with E-state index in [1.54, 1.807) is 12.1 Å². The Morgan fingerprint density at radius 3 is 2.42 bits per heavy atom. The zero-order valence-corrected chi connectivity index (χ0v) is 15.7. The van der Waals surface area contributed by atoms with Crippen molar-refractivity contribution < 1.29 is 23.1 Å². The van der Waals surface area contributed by atoms with Crippen LogP contribution < -0.4 is 5.73 Å². The quantitative estimate of drug-likeness (QED) is 0.585. The Morgan fingerprint density at radius 2 is 1.88 bits per heavy atom. The molecule has 1 heterocycles. The van der Waals surface area contributed by atoms with Crippen molar-refractivity contribution >= 4 is 44.5 Å². The second kappa shape index (κ2) is 7.76. The monoisotopic (exact) mass is 467 g/mol. The third-order valence-corrected chi connectivity index (χ3v) is 6.39. The predicted octanol–water partition coefficient (Wildman–Crippen LogP) is -0.0739. The van der Waals surface area contributed by atoms with Crippen LogP contribution in [0.4, 0.5) is 0 Å². The molecule has 0 spiro atoms. The average molecular weight is 467 g/mol. The largest absolute Gasteiger partial charge is 0.480 e. The van der Waals surface area contributed by atoms with Crippen LogP contribution in [0.15, 0.2) is 29.2 Å². The molecule has 1 aliphatic heterocycles. The van der Waals surface area contributed by atoms with Gasteiger partial charge in [0, 0.05) is 36.2 Å². The standard InChI is InChI=1S/C14H18IN3O5S/c15-10-1-3-11(4-2-10)24(22,23)18-8-7-17(13(19)5-6-16)9-12(18)14(20)21/h1-4,12H,5-9,16H2,(H,20,21). The number of piperazine rings is 1. The van der Waals surface area contributed by atoms with Crippen molar-refractivity contribution in [3.63, 3.8) is 0 Å². The fourth-order valence-electron chi connectivity index (χ4n) is 2.51. The van der Waals surface area contributed by atoms with Crippen molar-refractivity contribution in [3.8, 4) is 0 Å². The van der Waals surface area contributed by atoms with E-state index in [1.807, 2.05) is 0 Å². The molecular formula is C14H18IN3O5S. The Kier molecular flexibility index (Phi) is 6.17. The minimum absolute atomic E-state index is 0.0379. The number of hydrogen-bond acceptors (Lipinski definition) is 5. The number of rotatable bonds is 5. The molecule has 1 amide bonds. The molecule has 1 aliphatic rings. The number of nitrogens with two attached hydrogens (primary N) is 1. The number of halogens is 1. The summed E-state index contributed by atoms with van der Waals surface area (Å²) in [6.45, 7) is 0.0588. The molecule has 0 bridgehead atoms. The van der Waals surface area contributed by atoms with Crippen molar-refractivity contribution in [2.45, 2.75) is 17.4 Å². The Bertz CT molecular complexity index is 722. The first-order valence-corrected chi connectivity index (χ1v) is 9.77. The van der Waals surface area contributed by atoms with Crippen LogP contribution in [-0.2, 0) is 19.6 Å². The van der Waals surface area contributed by atoms with Crippen LogP contribution in [0.25, 0.3) is 0 Å². The molecule has 132 valence electrons. The summed E-state index contributed by atoms with van der Waals surface area (Å²) in [7, 11) is -3.95. The lowest BCUT2D eigenvalue weighted by Gasteiger charge is -2.38. The number of nitrogens with zero attached hydrogens (tertiary/aromatic N) is 2. The second-order valence-electron chi connectivity index (χ2n) is 5.30. The molecule has 1 aromatic rings. The zero-order valence-electron chi connectivity index (χ0n) is 12.8. The van der Waals surface area contributed by atoms with Crippen molar-refractivity contribution in [2.75, 3.05) is 26.2 Å². The van der Waals surface area contributed by atoms with E-state index in [2.05, 4.69) is 22.6 Å². The normalized spacial score (nSPS) is 19.2. The van der Waals surface area contributed by atoms with Crippen LogP contribution in [0.5, 0.6) is 0 Å². The van der Waals surface area contributed by atoms with Crippen molar-refractivity contribution in [1.82, 2.24) is 9.21 Å². The number of carbonyl (C=O) groups excluding carboxylic acids is 1. The fourth-order valence-corrected chi connectivity index (χ4v) is 4.43. The molecular weight excluding hydrogens is 449 g/mol. The van der Waals surface area contributed by atoms with Crippen LogP contribution in [0, 0.1) is 3.57 Å². The van der Waals surface area contributed by atoms with E-state index < -0.39 is 22.0 Å². The van der Waals surface area contributed by atoms with E-state index >= 15 is 0 Å².